The van der Waals surface area contributed by atoms with Gasteiger partial charge in [0.1, 0.15) is 0 Å². The molecule has 94 valence electrons. The van der Waals surface area contributed by atoms with Crippen molar-refractivity contribution < 1.29 is 0 Å². The van der Waals surface area contributed by atoms with Crippen LogP contribution in [-0.4, -0.2) is 0 Å². The Morgan fingerprint density at radius 1 is 1.06 bits per heavy atom. The average molecular weight is 344 g/mol. The molecule has 0 N–H and O–H groups in total. The van der Waals surface area contributed by atoms with Crippen molar-refractivity contribution in [2.75, 3.05) is 0 Å². The fourth-order valence-electron chi connectivity index (χ4n) is 1.91. The molecular formula is C15H13BrCl2. The zero-order valence-corrected chi connectivity index (χ0v) is 13.1. The van der Waals surface area contributed by atoms with Crippen molar-refractivity contribution in [3.63, 3.8) is 0 Å². The molecule has 0 aliphatic rings. The SMILES string of the molecule is Cc1ccccc1CC(Br)c1cc(Cl)cc(Cl)c1. The summed E-state index contributed by atoms with van der Waals surface area (Å²) in [4.78, 5) is 0.217. The normalized spacial score (nSPS) is 12.4. The van der Waals surface area contributed by atoms with Crippen LogP contribution in [0.5, 0.6) is 0 Å². The van der Waals surface area contributed by atoms with Crippen LogP contribution in [0, 0.1) is 6.92 Å². The van der Waals surface area contributed by atoms with E-state index in [1.54, 1.807) is 6.07 Å². The molecule has 1 unspecified atom stereocenters. The maximum Gasteiger partial charge on any atom is 0.0436 e. The molecule has 0 saturated heterocycles. The highest BCUT2D eigenvalue weighted by atomic mass is 79.9. The third-order valence-corrected chi connectivity index (χ3v) is 4.20. The molecule has 18 heavy (non-hydrogen) atoms. The summed E-state index contributed by atoms with van der Waals surface area (Å²) in [6.07, 6.45) is 0.920. The molecule has 0 saturated carbocycles. The quantitative estimate of drug-likeness (QED) is 0.601. The maximum atomic E-state index is 6.02. The zero-order chi connectivity index (χ0) is 13.1. The number of rotatable bonds is 3. The van der Waals surface area contributed by atoms with Crippen molar-refractivity contribution in [1.82, 2.24) is 0 Å². The largest absolute Gasteiger partial charge is 0.0843 e. The molecule has 0 aliphatic heterocycles. The summed E-state index contributed by atoms with van der Waals surface area (Å²) in [6.45, 7) is 2.13. The van der Waals surface area contributed by atoms with Crippen molar-refractivity contribution in [1.29, 1.82) is 0 Å². The van der Waals surface area contributed by atoms with E-state index < -0.39 is 0 Å². The van der Waals surface area contributed by atoms with E-state index in [1.165, 1.54) is 11.1 Å². The number of aryl methyl sites for hydroxylation is 1. The molecule has 2 aromatic rings. The van der Waals surface area contributed by atoms with Gasteiger partial charge in [-0.25, -0.2) is 0 Å². The summed E-state index contributed by atoms with van der Waals surface area (Å²) >= 11 is 15.8. The van der Waals surface area contributed by atoms with E-state index in [2.05, 4.69) is 47.1 Å². The predicted octanol–water partition coefficient (Wildman–Crippen LogP) is 5.98. The molecule has 0 nitrogen and oxygen atoms in total. The minimum atomic E-state index is 0.217. The second-order valence-electron chi connectivity index (χ2n) is 4.30. The standard InChI is InChI=1S/C15H13BrCl2/c1-10-4-2-3-5-11(10)8-15(16)12-6-13(17)9-14(18)7-12/h2-7,9,15H,8H2,1H3. The molecule has 0 amide bonds. The van der Waals surface area contributed by atoms with Crippen LogP contribution in [0.2, 0.25) is 10.0 Å². The van der Waals surface area contributed by atoms with Gasteiger partial charge in [0.15, 0.2) is 0 Å². The molecule has 0 aromatic heterocycles. The molecule has 1 atom stereocenters. The Bertz CT molecular complexity index is 532. The monoisotopic (exact) mass is 342 g/mol. The van der Waals surface area contributed by atoms with Gasteiger partial charge in [0, 0.05) is 14.9 Å². The summed E-state index contributed by atoms with van der Waals surface area (Å²) in [5.74, 6) is 0. The van der Waals surface area contributed by atoms with Gasteiger partial charge in [-0.15, -0.1) is 0 Å². The van der Waals surface area contributed by atoms with E-state index in [-0.39, 0.29) is 4.83 Å². The van der Waals surface area contributed by atoms with E-state index in [1.807, 2.05) is 12.1 Å². The first-order valence-corrected chi connectivity index (χ1v) is 7.38. The molecule has 2 aromatic carbocycles. The molecular weight excluding hydrogens is 331 g/mol. The predicted molar refractivity (Wildman–Crippen MR) is 83.0 cm³/mol. The summed E-state index contributed by atoms with van der Waals surface area (Å²) in [5.41, 5.74) is 3.74. The second kappa shape index (κ2) is 6.10. The average Bonchev–Trinajstić information content (AvgIpc) is 2.31. The lowest BCUT2D eigenvalue weighted by Crippen LogP contribution is -1.97. The Labute approximate surface area is 126 Å². The highest BCUT2D eigenvalue weighted by Crippen LogP contribution is 2.31. The van der Waals surface area contributed by atoms with E-state index in [0.717, 1.165) is 12.0 Å². The van der Waals surface area contributed by atoms with Gasteiger partial charge in [-0.1, -0.05) is 63.4 Å². The minimum Gasteiger partial charge on any atom is -0.0843 e. The molecule has 0 spiro atoms. The number of alkyl halides is 1. The van der Waals surface area contributed by atoms with Crippen LogP contribution in [0.4, 0.5) is 0 Å². The number of hydrogen-bond acceptors (Lipinski definition) is 0. The van der Waals surface area contributed by atoms with Crippen molar-refractivity contribution in [3.05, 3.63) is 69.2 Å². The fraction of sp³-hybridized carbons (Fsp3) is 0.200. The number of benzene rings is 2. The Morgan fingerprint density at radius 3 is 2.28 bits per heavy atom. The van der Waals surface area contributed by atoms with Gasteiger partial charge in [-0.2, -0.15) is 0 Å². The molecule has 0 fully saturated rings. The third kappa shape index (κ3) is 3.50. The van der Waals surface area contributed by atoms with Crippen LogP contribution in [0.3, 0.4) is 0 Å². The van der Waals surface area contributed by atoms with Gasteiger partial charge in [-0.05, 0) is 48.2 Å². The minimum absolute atomic E-state index is 0.217. The number of hydrogen-bond donors (Lipinski definition) is 0. The summed E-state index contributed by atoms with van der Waals surface area (Å²) < 4.78 is 0. The third-order valence-electron chi connectivity index (χ3n) is 2.91. The Hall–Kier alpha value is -0.500. The van der Waals surface area contributed by atoms with Crippen LogP contribution in [-0.2, 0) is 6.42 Å². The maximum absolute atomic E-state index is 6.02. The van der Waals surface area contributed by atoms with Crippen LogP contribution in [0.25, 0.3) is 0 Å². The van der Waals surface area contributed by atoms with Crippen molar-refractivity contribution >= 4 is 39.1 Å². The molecule has 3 heteroatoms. The van der Waals surface area contributed by atoms with Crippen LogP contribution in [0.15, 0.2) is 42.5 Å². The topological polar surface area (TPSA) is 0 Å². The molecule has 2 rings (SSSR count). The zero-order valence-electron chi connectivity index (χ0n) is 9.96. The van der Waals surface area contributed by atoms with Crippen molar-refractivity contribution in [3.8, 4) is 0 Å². The molecule has 0 aliphatic carbocycles. The van der Waals surface area contributed by atoms with E-state index in [4.69, 9.17) is 23.2 Å². The summed E-state index contributed by atoms with van der Waals surface area (Å²) in [5, 5.41) is 1.35. The first kappa shape index (κ1) is 13.9. The lowest BCUT2D eigenvalue weighted by atomic mass is 10.0. The second-order valence-corrected chi connectivity index (χ2v) is 6.28. The van der Waals surface area contributed by atoms with E-state index >= 15 is 0 Å². The Balaban J connectivity index is 2.22. The van der Waals surface area contributed by atoms with Crippen molar-refractivity contribution in [2.24, 2.45) is 0 Å². The first-order chi connectivity index (χ1) is 8.56. The highest BCUT2D eigenvalue weighted by molar-refractivity contribution is 9.09. The van der Waals surface area contributed by atoms with Gasteiger partial charge >= 0.3 is 0 Å². The Morgan fingerprint density at radius 2 is 1.67 bits per heavy atom. The highest BCUT2D eigenvalue weighted by Gasteiger charge is 2.11. The van der Waals surface area contributed by atoms with Crippen LogP contribution < -0.4 is 0 Å². The summed E-state index contributed by atoms with van der Waals surface area (Å²) in [7, 11) is 0. The molecule has 0 radical (unpaired) electrons. The smallest absolute Gasteiger partial charge is 0.0436 e. The van der Waals surface area contributed by atoms with Crippen LogP contribution in [0.1, 0.15) is 21.5 Å². The lowest BCUT2D eigenvalue weighted by Gasteiger charge is -2.13. The van der Waals surface area contributed by atoms with Gasteiger partial charge < -0.3 is 0 Å². The molecule has 0 heterocycles. The van der Waals surface area contributed by atoms with Crippen molar-refractivity contribution in [2.45, 2.75) is 18.2 Å². The van der Waals surface area contributed by atoms with E-state index in [0.29, 0.717) is 10.0 Å². The van der Waals surface area contributed by atoms with Gasteiger partial charge in [0.2, 0.25) is 0 Å². The first-order valence-electron chi connectivity index (χ1n) is 5.71. The Kier molecular flexibility index (Phi) is 4.71. The van der Waals surface area contributed by atoms with Gasteiger partial charge in [0.05, 0.1) is 0 Å². The number of halogens is 3. The van der Waals surface area contributed by atoms with E-state index in [9.17, 15) is 0 Å². The molecule has 0 bridgehead atoms. The van der Waals surface area contributed by atoms with Gasteiger partial charge in [-0.3, -0.25) is 0 Å². The fourth-order valence-corrected chi connectivity index (χ4v) is 3.06. The summed E-state index contributed by atoms with van der Waals surface area (Å²) in [6, 6.07) is 14.0. The lowest BCUT2D eigenvalue weighted by molar-refractivity contribution is 0.939. The van der Waals surface area contributed by atoms with Crippen LogP contribution >= 0.6 is 39.1 Å². The van der Waals surface area contributed by atoms with Gasteiger partial charge in [0.25, 0.3) is 0 Å².